The van der Waals surface area contributed by atoms with Gasteiger partial charge >= 0.3 is 0 Å². The van der Waals surface area contributed by atoms with Gasteiger partial charge in [0, 0.05) is 28.6 Å². The molecule has 0 bridgehead atoms. The zero-order chi connectivity index (χ0) is 21.5. The van der Waals surface area contributed by atoms with Gasteiger partial charge in [-0.1, -0.05) is 15.9 Å². The van der Waals surface area contributed by atoms with Gasteiger partial charge in [0.25, 0.3) is 5.91 Å². The van der Waals surface area contributed by atoms with E-state index in [2.05, 4.69) is 26.2 Å². The molecule has 1 heterocycles. The summed E-state index contributed by atoms with van der Waals surface area (Å²) in [6.45, 7) is 4.19. The lowest BCUT2D eigenvalue weighted by Gasteiger charge is -2.16. The van der Waals surface area contributed by atoms with Crippen LogP contribution in [0, 0.1) is 0 Å². The Balaban J connectivity index is 1.79. The molecular formula is C23H23BrN2O4. The molecule has 0 aliphatic heterocycles. The molecule has 0 unspecified atom stereocenters. The molecule has 0 aliphatic carbocycles. The first-order valence-corrected chi connectivity index (χ1v) is 10.2. The van der Waals surface area contributed by atoms with Crippen LogP contribution >= 0.6 is 15.9 Å². The Kier molecular flexibility index (Phi) is 7.30. The number of anilines is 1. The summed E-state index contributed by atoms with van der Waals surface area (Å²) in [5, 5.41) is 2.90. The third-order valence-electron chi connectivity index (χ3n) is 4.12. The van der Waals surface area contributed by atoms with Crippen molar-refractivity contribution in [1.82, 2.24) is 4.98 Å². The number of halogens is 1. The van der Waals surface area contributed by atoms with Crippen molar-refractivity contribution in [1.29, 1.82) is 0 Å². The van der Waals surface area contributed by atoms with E-state index < -0.39 is 0 Å². The lowest BCUT2D eigenvalue weighted by molar-refractivity contribution is 0.102. The molecule has 0 saturated carbocycles. The molecule has 0 aliphatic rings. The lowest BCUT2D eigenvalue weighted by Crippen LogP contribution is -2.16. The van der Waals surface area contributed by atoms with E-state index >= 15 is 0 Å². The number of ether oxygens (including phenoxy) is 3. The summed E-state index contributed by atoms with van der Waals surface area (Å²) in [6, 6.07) is 14.3. The highest BCUT2D eigenvalue weighted by Gasteiger charge is 2.16. The fraction of sp³-hybridized carbons (Fsp3) is 0.217. The number of benzene rings is 2. The molecule has 2 aromatic carbocycles. The molecule has 0 spiro atoms. The number of methoxy groups -OCH3 is 1. The van der Waals surface area contributed by atoms with Crippen LogP contribution in [0.5, 0.6) is 17.2 Å². The van der Waals surface area contributed by atoms with Crippen molar-refractivity contribution in [3.63, 3.8) is 0 Å². The van der Waals surface area contributed by atoms with Crippen molar-refractivity contribution in [2.75, 3.05) is 12.4 Å². The molecule has 30 heavy (non-hydrogen) atoms. The number of carbonyl (C=O) groups excluding carboxylic acids is 1. The second-order valence-corrected chi connectivity index (χ2v) is 7.69. The fourth-order valence-electron chi connectivity index (χ4n) is 2.74. The maximum atomic E-state index is 12.9. The number of carbonyl (C=O) groups is 1. The second kappa shape index (κ2) is 10.1. The molecule has 1 aromatic heterocycles. The van der Waals surface area contributed by atoms with Crippen LogP contribution in [0.3, 0.4) is 0 Å². The minimum absolute atomic E-state index is 0.0555. The van der Waals surface area contributed by atoms with Gasteiger partial charge in [0.2, 0.25) is 0 Å². The zero-order valence-corrected chi connectivity index (χ0v) is 18.6. The Hall–Kier alpha value is -3.06. The number of aromatic nitrogens is 1. The van der Waals surface area contributed by atoms with Crippen molar-refractivity contribution in [2.24, 2.45) is 0 Å². The van der Waals surface area contributed by atoms with E-state index in [-0.39, 0.29) is 12.0 Å². The lowest BCUT2D eigenvalue weighted by atomic mass is 10.1. The van der Waals surface area contributed by atoms with Gasteiger partial charge in [0.1, 0.15) is 12.4 Å². The van der Waals surface area contributed by atoms with Gasteiger partial charge < -0.3 is 19.5 Å². The molecule has 6 nitrogen and oxygen atoms in total. The minimum Gasteiger partial charge on any atom is -0.493 e. The van der Waals surface area contributed by atoms with Crippen molar-refractivity contribution < 1.29 is 19.0 Å². The van der Waals surface area contributed by atoms with Crippen LogP contribution < -0.4 is 19.5 Å². The molecule has 0 fully saturated rings. The Bertz CT molecular complexity index is 1010. The largest absolute Gasteiger partial charge is 0.493 e. The summed E-state index contributed by atoms with van der Waals surface area (Å²) < 4.78 is 17.9. The van der Waals surface area contributed by atoms with E-state index in [1.807, 2.05) is 26.0 Å². The van der Waals surface area contributed by atoms with Crippen molar-refractivity contribution in [2.45, 2.75) is 26.6 Å². The first-order valence-electron chi connectivity index (χ1n) is 9.43. The molecule has 0 saturated heterocycles. The summed E-state index contributed by atoms with van der Waals surface area (Å²) in [5.41, 5.74) is 2.01. The number of rotatable bonds is 8. The average Bonchev–Trinajstić information content (AvgIpc) is 2.72. The van der Waals surface area contributed by atoms with E-state index in [1.165, 1.54) is 0 Å². The first-order chi connectivity index (χ1) is 14.5. The maximum absolute atomic E-state index is 12.9. The average molecular weight is 471 g/mol. The van der Waals surface area contributed by atoms with Crippen LogP contribution in [0.4, 0.5) is 5.69 Å². The van der Waals surface area contributed by atoms with Gasteiger partial charge in [0.15, 0.2) is 11.5 Å². The summed E-state index contributed by atoms with van der Waals surface area (Å²) in [7, 11) is 1.57. The summed E-state index contributed by atoms with van der Waals surface area (Å²) >= 11 is 3.42. The fourth-order valence-corrected chi connectivity index (χ4v) is 3.08. The van der Waals surface area contributed by atoms with Crippen molar-refractivity contribution >= 4 is 27.5 Å². The Morgan fingerprint density at radius 2 is 1.80 bits per heavy atom. The van der Waals surface area contributed by atoms with Gasteiger partial charge in [-0.2, -0.15) is 0 Å². The van der Waals surface area contributed by atoms with Crippen molar-refractivity contribution in [3.8, 4) is 17.2 Å². The SMILES string of the molecule is COc1ccc(NC(=O)c2ccc(Br)cc2OC(C)C)cc1OCc1ccncc1. The van der Waals surface area contributed by atoms with Crippen LogP contribution in [0.2, 0.25) is 0 Å². The number of hydrogen-bond acceptors (Lipinski definition) is 5. The third-order valence-corrected chi connectivity index (χ3v) is 4.61. The quantitative estimate of drug-likeness (QED) is 0.472. The van der Waals surface area contributed by atoms with E-state index in [4.69, 9.17) is 14.2 Å². The molecule has 156 valence electrons. The highest BCUT2D eigenvalue weighted by molar-refractivity contribution is 9.10. The van der Waals surface area contributed by atoms with Crippen LogP contribution in [-0.2, 0) is 6.61 Å². The third kappa shape index (κ3) is 5.73. The molecule has 3 aromatic rings. The highest BCUT2D eigenvalue weighted by atomic mass is 79.9. The molecule has 0 atom stereocenters. The van der Waals surface area contributed by atoms with Crippen LogP contribution in [0.1, 0.15) is 29.8 Å². The van der Waals surface area contributed by atoms with Gasteiger partial charge in [-0.3, -0.25) is 9.78 Å². The molecule has 0 radical (unpaired) electrons. The van der Waals surface area contributed by atoms with E-state index in [0.29, 0.717) is 35.1 Å². The smallest absolute Gasteiger partial charge is 0.259 e. The Labute approximate surface area is 184 Å². The standard InChI is InChI=1S/C23H23BrN2O4/c1-15(2)30-21-12-17(24)4-6-19(21)23(27)26-18-5-7-20(28-3)22(13-18)29-14-16-8-10-25-11-9-16/h4-13,15H,14H2,1-3H3,(H,26,27). The highest BCUT2D eigenvalue weighted by Crippen LogP contribution is 2.32. The minimum atomic E-state index is -0.275. The molecule has 3 rings (SSSR count). The topological polar surface area (TPSA) is 69.7 Å². The van der Waals surface area contributed by atoms with Gasteiger partial charge in [-0.15, -0.1) is 0 Å². The maximum Gasteiger partial charge on any atom is 0.259 e. The monoisotopic (exact) mass is 470 g/mol. The van der Waals surface area contributed by atoms with Crippen molar-refractivity contribution in [3.05, 3.63) is 76.5 Å². The summed E-state index contributed by atoms with van der Waals surface area (Å²) in [4.78, 5) is 16.9. The zero-order valence-electron chi connectivity index (χ0n) is 17.0. The Morgan fingerprint density at radius 3 is 2.50 bits per heavy atom. The number of nitrogens with one attached hydrogen (secondary N) is 1. The molecule has 1 N–H and O–H groups in total. The molecular weight excluding hydrogens is 448 g/mol. The Morgan fingerprint density at radius 1 is 1.03 bits per heavy atom. The number of pyridine rings is 1. The second-order valence-electron chi connectivity index (χ2n) is 6.77. The predicted octanol–water partition coefficient (Wildman–Crippen LogP) is 5.47. The van der Waals surface area contributed by atoms with E-state index in [9.17, 15) is 4.79 Å². The van der Waals surface area contributed by atoms with Gasteiger partial charge in [-0.25, -0.2) is 0 Å². The normalized spacial score (nSPS) is 10.6. The number of nitrogens with zero attached hydrogens (tertiary/aromatic N) is 1. The van der Waals surface area contributed by atoms with Crippen LogP contribution in [0.15, 0.2) is 65.4 Å². The molecule has 1 amide bonds. The first kappa shape index (κ1) is 21.6. The predicted molar refractivity (Wildman–Crippen MR) is 119 cm³/mol. The van der Waals surface area contributed by atoms with E-state index in [0.717, 1.165) is 10.0 Å². The number of hydrogen-bond donors (Lipinski definition) is 1. The number of amides is 1. The van der Waals surface area contributed by atoms with Crippen LogP contribution in [0.25, 0.3) is 0 Å². The summed E-state index contributed by atoms with van der Waals surface area (Å²) in [5.74, 6) is 1.35. The van der Waals surface area contributed by atoms with Crippen LogP contribution in [-0.4, -0.2) is 24.1 Å². The van der Waals surface area contributed by atoms with Gasteiger partial charge in [-0.05, 0) is 61.9 Å². The van der Waals surface area contributed by atoms with E-state index in [1.54, 1.807) is 55.9 Å². The van der Waals surface area contributed by atoms with Gasteiger partial charge in [0.05, 0.1) is 18.8 Å². The summed E-state index contributed by atoms with van der Waals surface area (Å²) in [6.07, 6.45) is 3.36. The molecule has 7 heteroatoms.